The summed E-state index contributed by atoms with van der Waals surface area (Å²) in [7, 11) is 0. The van der Waals surface area contributed by atoms with E-state index >= 15 is 0 Å². The summed E-state index contributed by atoms with van der Waals surface area (Å²) in [6, 6.07) is 0. The van der Waals surface area contributed by atoms with Crippen LogP contribution >= 0.6 is 0 Å². The molecular weight excluding hydrogens is 334 g/mol. The maximum atomic E-state index is 12.0. The zero-order valence-corrected chi connectivity index (χ0v) is 15.5. The number of carbonyl (C=O) groups excluding carboxylic acids is 4. The van der Waals surface area contributed by atoms with E-state index in [1.54, 1.807) is 6.92 Å². The first kappa shape index (κ1) is 23.3. The predicted molar refractivity (Wildman–Crippen MR) is 101 cm³/mol. The quantitative estimate of drug-likeness (QED) is 0.468. The largest absolute Gasteiger partial charge is 0.354 e. The highest BCUT2D eigenvalue weighted by atomic mass is 16.2. The molecule has 0 bridgehead atoms. The first-order valence-corrected chi connectivity index (χ1v) is 8.64. The molecule has 1 N–H and O–H groups in total. The summed E-state index contributed by atoms with van der Waals surface area (Å²) in [6.07, 6.45) is 4.85. The minimum atomic E-state index is -0.274. The molecule has 0 heterocycles. The lowest BCUT2D eigenvalue weighted by Crippen LogP contribution is -2.43. The van der Waals surface area contributed by atoms with Crippen molar-refractivity contribution in [3.8, 4) is 0 Å². The molecule has 0 aliphatic heterocycles. The Morgan fingerprint density at radius 1 is 0.846 bits per heavy atom. The van der Waals surface area contributed by atoms with Gasteiger partial charge in [0.25, 0.3) is 0 Å². The van der Waals surface area contributed by atoms with Gasteiger partial charge in [0.1, 0.15) is 0 Å². The topological polar surface area (TPSA) is 86.8 Å². The molecule has 0 rings (SSSR count). The summed E-state index contributed by atoms with van der Waals surface area (Å²) < 4.78 is 0. The molecule has 144 valence electrons. The smallest absolute Gasteiger partial charge is 0.246 e. The molecule has 7 heteroatoms. The molecule has 0 atom stereocenters. The van der Waals surface area contributed by atoms with Gasteiger partial charge in [-0.15, -0.1) is 0 Å². The zero-order chi connectivity index (χ0) is 19.9. The molecule has 0 saturated carbocycles. The van der Waals surface area contributed by atoms with Crippen LogP contribution in [0.1, 0.15) is 26.2 Å². The summed E-state index contributed by atoms with van der Waals surface area (Å²) in [4.78, 5) is 49.6. The van der Waals surface area contributed by atoms with Crippen LogP contribution < -0.4 is 5.32 Å². The van der Waals surface area contributed by atoms with Gasteiger partial charge < -0.3 is 15.1 Å². The molecule has 0 aromatic carbocycles. The van der Waals surface area contributed by atoms with Crippen molar-refractivity contribution in [3.63, 3.8) is 0 Å². The Bertz CT molecular complexity index is 543. The molecule has 0 aliphatic rings. The van der Waals surface area contributed by atoms with Crippen molar-refractivity contribution in [3.05, 3.63) is 38.0 Å². The molecule has 0 aliphatic carbocycles. The number of allylic oxidation sites excluding steroid dienone is 1. The summed E-state index contributed by atoms with van der Waals surface area (Å²) >= 11 is 0. The van der Waals surface area contributed by atoms with Crippen molar-refractivity contribution in [1.29, 1.82) is 0 Å². The molecule has 0 saturated heterocycles. The molecule has 0 aromatic rings. The molecule has 0 radical (unpaired) electrons. The van der Waals surface area contributed by atoms with Gasteiger partial charge in [0.15, 0.2) is 5.78 Å². The summed E-state index contributed by atoms with van der Waals surface area (Å²) in [6.45, 7) is 13.7. The molecular formula is C19H29N3O4. The van der Waals surface area contributed by atoms with Crippen molar-refractivity contribution < 1.29 is 19.2 Å². The zero-order valence-electron chi connectivity index (χ0n) is 15.5. The minimum Gasteiger partial charge on any atom is -0.354 e. The van der Waals surface area contributed by atoms with Gasteiger partial charge in [0, 0.05) is 45.6 Å². The third-order valence-corrected chi connectivity index (χ3v) is 3.72. The average Bonchev–Trinajstić information content (AvgIpc) is 2.66. The van der Waals surface area contributed by atoms with Crippen LogP contribution in [0, 0.1) is 0 Å². The number of nitrogens with zero attached hydrogens (tertiary/aromatic N) is 2. The van der Waals surface area contributed by atoms with Crippen LogP contribution in [0.15, 0.2) is 38.0 Å². The highest BCUT2D eigenvalue weighted by Gasteiger charge is 2.15. The van der Waals surface area contributed by atoms with Crippen molar-refractivity contribution >= 4 is 23.5 Å². The first-order chi connectivity index (χ1) is 12.4. The van der Waals surface area contributed by atoms with Crippen LogP contribution in [0.2, 0.25) is 0 Å². The van der Waals surface area contributed by atoms with E-state index in [-0.39, 0.29) is 23.5 Å². The summed E-state index contributed by atoms with van der Waals surface area (Å²) in [5, 5.41) is 2.71. The fourth-order valence-electron chi connectivity index (χ4n) is 2.17. The van der Waals surface area contributed by atoms with Gasteiger partial charge in [-0.05, 0) is 24.6 Å². The van der Waals surface area contributed by atoms with E-state index in [1.807, 2.05) is 0 Å². The highest BCUT2D eigenvalue weighted by molar-refractivity contribution is 5.89. The Balaban J connectivity index is 4.68. The van der Waals surface area contributed by atoms with Gasteiger partial charge in [0.2, 0.25) is 17.7 Å². The van der Waals surface area contributed by atoms with Crippen LogP contribution in [-0.2, 0) is 19.2 Å². The second-order valence-electron chi connectivity index (χ2n) is 5.54. The summed E-state index contributed by atoms with van der Waals surface area (Å²) in [5.41, 5.74) is 0. The lowest BCUT2D eigenvalue weighted by molar-refractivity contribution is -0.130. The molecule has 0 spiro atoms. The number of amides is 3. The Hall–Kier alpha value is -2.70. The Morgan fingerprint density at radius 2 is 1.38 bits per heavy atom. The Morgan fingerprint density at radius 3 is 1.85 bits per heavy atom. The van der Waals surface area contributed by atoms with Crippen LogP contribution in [0.4, 0.5) is 0 Å². The van der Waals surface area contributed by atoms with Crippen LogP contribution in [0.5, 0.6) is 0 Å². The van der Waals surface area contributed by atoms with Crippen LogP contribution in [0.3, 0.4) is 0 Å². The molecule has 7 nitrogen and oxygen atoms in total. The second-order valence-corrected chi connectivity index (χ2v) is 5.54. The summed E-state index contributed by atoms with van der Waals surface area (Å²) in [5.74, 6) is -0.706. The predicted octanol–water partition coefficient (Wildman–Crippen LogP) is 1.08. The minimum absolute atomic E-state index is 0.0777. The van der Waals surface area contributed by atoms with E-state index < -0.39 is 0 Å². The average molecular weight is 363 g/mol. The third kappa shape index (κ3) is 9.56. The number of carbonyl (C=O) groups is 4. The lowest BCUT2D eigenvalue weighted by Gasteiger charge is -2.27. The molecule has 0 fully saturated rings. The van der Waals surface area contributed by atoms with E-state index in [0.29, 0.717) is 52.0 Å². The standard InChI is InChI=1S/C19H29N3O4/c1-5-16(23)10-9-12-21(18(25)7-3)14-15-22(19(26)8-4)13-11-20-17(24)6-2/h5,7-8H,1,3-4,6,9-15H2,2H3,(H,20,24). The van der Waals surface area contributed by atoms with Gasteiger partial charge in [-0.3, -0.25) is 19.2 Å². The molecule has 3 amide bonds. The number of ketones is 1. The van der Waals surface area contributed by atoms with Gasteiger partial charge in [-0.25, -0.2) is 0 Å². The SMILES string of the molecule is C=CC(=O)CCCN(CCN(CCNC(=O)CC)C(=O)C=C)C(=O)C=C. The van der Waals surface area contributed by atoms with Crippen molar-refractivity contribution in [2.24, 2.45) is 0 Å². The number of nitrogens with one attached hydrogen (secondary N) is 1. The van der Waals surface area contributed by atoms with Gasteiger partial charge in [-0.2, -0.15) is 0 Å². The second kappa shape index (κ2) is 13.6. The fourth-order valence-corrected chi connectivity index (χ4v) is 2.17. The van der Waals surface area contributed by atoms with Crippen LogP contribution in [-0.4, -0.2) is 66.0 Å². The molecule has 0 aromatic heterocycles. The lowest BCUT2D eigenvalue weighted by atomic mass is 10.2. The van der Waals surface area contributed by atoms with Crippen molar-refractivity contribution in [1.82, 2.24) is 15.1 Å². The third-order valence-electron chi connectivity index (χ3n) is 3.72. The van der Waals surface area contributed by atoms with E-state index in [1.165, 1.54) is 28.0 Å². The van der Waals surface area contributed by atoms with Crippen LogP contribution in [0.25, 0.3) is 0 Å². The van der Waals surface area contributed by atoms with Crippen molar-refractivity contribution in [2.45, 2.75) is 26.2 Å². The number of hydrogen-bond donors (Lipinski definition) is 1. The van der Waals surface area contributed by atoms with Crippen molar-refractivity contribution in [2.75, 3.05) is 32.7 Å². The molecule has 26 heavy (non-hydrogen) atoms. The fraction of sp³-hybridized carbons (Fsp3) is 0.474. The monoisotopic (exact) mass is 363 g/mol. The van der Waals surface area contributed by atoms with E-state index in [0.717, 1.165) is 0 Å². The highest BCUT2D eigenvalue weighted by Crippen LogP contribution is 2.01. The van der Waals surface area contributed by atoms with E-state index in [4.69, 9.17) is 0 Å². The normalized spacial score (nSPS) is 9.73. The van der Waals surface area contributed by atoms with E-state index in [9.17, 15) is 19.2 Å². The maximum Gasteiger partial charge on any atom is 0.246 e. The maximum absolute atomic E-state index is 12.0. The van der Waals surface area contributed by atoms with E-state index in [2.05, 4.69) is 25.1 Å². The number of rotatable bonds is 14. The van der Waals surface area contributed by atoms with Gasteiger partial charge in [-0.1, -0.05) is 26.7 Å². The van der Waals surface area contributed by atoms with Gasteiger partial charge in [0.05, 0.1) is 0 Å². The first-order valence-electron chi connectivity index (χ1n) is 8.64. The Kier molecular flexibility index (Phi) is 12.2. The number of hydrogen-bond acceptors (Lipinski definition) is 4. The van der Waals surface area contributed by atoms with Gasteiger partial charge >= 0.3 is 0 Å². The molecule has 0 unspecified atom stereocenters. The Labute approximate surface area is 155 Å².